The minimum atomic E-state index is -0.654. The molecule has 1 saturated heterocycles. The standard InChI is InChI=1S/C12H12O3/c1-13-12(9-5-3-2-4-6-9)10-7-8-14-11(10)15-12/h2-8,10-11H,1H3/t10-,11-,12+/m0/s1. The van der Waals surface area contributed by atoms with Crippen molar-refractivity contribution >= 4 is 0 Å². The van der Waals surface area contributed by atoms with E-state index in [1.165, 1.54) is 0 Å². The van der Waals surface area contributed by atoms with Crippen molar-refractivity contribution in [3.05, 3.63) is 48.2 Å². The van der Waals surface area contributed by atoms with Gasteiger partial charge in [-0.1, -0.05) is 30.3 Å². The topological polar surface area (TPSA) is 27.7 Å². The summed E-state index contributed by atoms with van der Waals surface area (Å²) >= 11 is 0. The van der Waals surface area contributed by atoms with Crippen LogP contribution in [-0.4, -0.2) is 13.4 Å². The first kappa shape index (κ1) is 8.95. The van der Waals surface area contributed by atoms with Crippen LogP contribution in [0.15, 0.2) is 42.7 Å². The maximum atomic E-state index is 5.68. The second-order valence-electron chi connectivity index (χ2n) is 3.71. The van der Waals surface area contributed by atoms with Gasteiger partial charge in [-0.3, -0.25) is 0 Å². The molecule has 1 fully saturated rings. The summed E-state index contributed by atoms with van der Waals surface area (Å²) in [6.07, 6.45) is 3.49. The molecule has 0 saturated carbocycles. The Morgan fingerprint density at radius 3 is 2.73 bits per heavy atom. The fourth-order valence-electron chi connectivity index (χ4n) is 2.20. The van der Waals surface area contributed by atoms with Crippen LogP contribution in [0, 0.1) is 5.92 Å². The summed E-state index contributed by atoms with van der Waals surface area (Å²) in [4.78, 5) is 0. The molecule has 0 spiro atoms. The highest BCUT2D eigenvalue weighted by atomic mass is 16.8. The number of fused-ring (bicyclic) bond motifs is 1. The van der Waals surface area contributed by atoms with E-state index in [-0.39, 0.29) is 12.2 Å². The lowest BCUT2D eigenvalue weighted by Crippen LogP contribution is -2.56. The van der Waals surface area contributed by atoms with Gasteiger partial charge in [0.2, 0.25) is 12.1 Å². The zero-order chi connectivity index (χ0) is 10.3. The highest BCUT2D eigenvalue weighted by Gasteiger charge is 2.59. The second-order valence-corrected chi connectivity index (χ2v) is 3.71. The molecular weight excluding hydrogens is 192 g/mol. The number of ether oxygens (including phenoxy) is 3. The van der Waals surface area contributed by atoms with Crippen LogP contribution in [0.4, 0.5) is 0 Å². The number of hydrogen-bond donors (Lipinski definition) is 0. The minimum Gasteiger partial charge on any atom is -0.472 e. The van der Waals surface area contributed by atoms with Crippen molar-refractivity contribution in [1.82, 2.24) is 0 Å². The van der Waals surface area contributed by atoms with Crippen LogP contribution >= 0.6 is 0 Å². The molecule has 2 aliphatic rings. The SMILES string of the molecule is CO[C@]1(c2ccccc2)O[C@@H]2OC=C[C@@H]21. The summed E-state index contributed by atoms with van der Waals surface area (Å²) in [6.45, 7) is 0. The molecule has 3 atom stereocenters. The van der Waals surface area contributed by atoms with Crippen LogP contribution < -0.4 is 0 Å². The Morgan fingerprint density at radius 1 is 1.27 bits per heavy atom. The molecule has 1 aromatic carbocycles. The van der Waals surface area contributed by atoms with Gasteiger partial charge in [-0.25, -0.2) is 0 Å². The van der Waals surface area contributed by atoms with E-state index >= 15 is 0 Å². The molecule has 78 valence electrons. The average Bonchev–Trinajstić information content (AvgIpc) is 2.65. The zero-order valence-corrected chi connectivity index (χ0v) is 8.42. The van der Waals surface area contributed by atoms with Crippen molar-refractivity contribution in [3.63, 3.8) is 0 Å². The summed E-state index contributed by atoms with van der Waals surface area (Å²) in [6, 6.07) is 9.94. The third-order valence-electron chi connectivity index (χ3n) is 3.00. The first-order chi connectivity index (χ1) is 7.37. The largest absolute Gasteiger partial charge is 0.472 e. The van der Waals surface area contributed by atoms with Crippen molar-refractivity contribution in [2.75, 3.05) is 7.11 Å². The predicted octanol–water partition coefficient (Wildman–Crippen LogP) is 2.00. The van der Waals surface area contributed by atoms with Gasteiger partial charge in [0.15, 0.2) is 0 Å². The van der Waals surface area contributed by atoms with E-state index in [2.05, 4.69) is 0 Å². The number of rotatable bonds is 2. The van der Waals surface area contributed by atoms with Crippen LogP contribution in [-0.2, 0) is 20.0 Å². The molecule has 0 aliphatic carbocycles. The normalized spacial score (nSPS) is 36.9. The predicted molar refractivity (Wildman–Crippen MR) is 53.7 cm³/mol. The van der Waals surface area contributed by atoms with E-state index in [0.29, 0.717) is 0 Å². The van der Waals surface area contributed by atoms with Gasteiger partial charge in [-0.05, 0) is 6.08 Å². The van der Waals surface area contributed by atoms with Crippen molar-refractivity contribution in [1.29, 1.82) is 0 Å². The van der Waals surface area contributed by atoms with Gasteiger partial charge in [-0.2, -0.15) is 0 Å². The van der Waals surface area contributed by atoms with Gasteiger partial charge in [0.25, 0.3) is 0 Å². The molecule has 3 rings (SSSR count). The molecule has 15 heavy (non-hydrogen) atoms. The number of hydrogen-bond acceptors (Lipinski definition) is 3. The Morgan fingerprint density at radius 2 is 2.07 bits per heavy atom. The molecule has 0 unspecified atom stereocenters. The van der Waals surface area contributed by atoms with Crippen LogP contribution in [0.25, 0.3) is 0 Å². The van der Waals surface area contributed by atoms with Gasteiger partial charge < -0.3 is 14.2 Å². The maximum Gasteiger partial charge on any atom is 0.214 e. The molecule has 3 nitrogen and oxygen atoms in total. The molecule has 0 aromatic heterocycles. The van der Waals surface area contributed by atoms with Gasteiger partial charge in [0, 0.05) is 12.7 Å². The monoisotopic (exact) mass is 204 g/mol. The third kappa shape index (κ3) is 1.07. The maximum absolute atomic E-state index is 5.68. The second kappa shape index (κ2) is 3.08. The molecule has 1 aromatic rings. The molecular formula is C12H12O3. The van der Waals surface area contributed by atoms with Crippen molar-refractivity contribution in [2.24, 2.45) is 5.92 Å². The van der Waals surface area contributed by atoms with Crippen LogP contribution in [0.2, 0.25) is 0 Å². The number of benzene rings is 1. The van der Waals surface area contributed by atoms with E-state index < -0.39 is 5.79 Å². The first-order valence-corrected chi connectivity index (χ1v) is 4.97. The van der Waals surface area contributed by atoms with Crippen molar-refractivity contribution in [2.45, 2.75) is 12.1 Å². The Labute approximate surface area is 88.3 Å². The van der Waals surface area contributed by atoms with E-state index in [1.807, 2.05) is 36.4 Å². The van der Waals surface area contributed by atoms with Gasteiger partial charge in [-0.15, -0.1) is 0 Å². The van der Waals surface area contributed by atoms with Crippen molar-refractivity contribution < 1.29 is 14.2 Å². The van der Waals surface area contributed by atoms with Crippen LogP contribution in [0.3, 0.4) is 0 Å². The summed E-state index contributed by atoms with van der Waals surface area (Å²) < 4.78 is 16.4. The molecule has 0 amide bonds. The van der Waals surface area contributed by atoms with E-state index in [1.54, 1.807) is 13.4 Å². The van der Waals surface area contributed by atoms with E-state index in [9.17, 15) is 0 Å². The van der Waals surface area contributed by atoms with Crippen LogP contribution in [0.5, 0.6) is 0 Å². The third-order valence-corrected chi connectivity index (χ3v) is 3.00. The Hall–Kier alpha value is -1.32. The Kier molecular flexibility index (Phi) is 1.84. The molecule has 2 aliphatic heterocycles. The summed E-state index contributed by atoms with van der Waals surface area (Å²) in [7, 11) is 1.66. The highest BCUT2D eigenvalue weighted by molar-refractivity contribution is 5.26. The smallest absolute Gasteiger partial charge is 0.214 e. The van der Waals surface area contributed by atoms with Gasteiger partial charge in [0.1, 0.15) is 5.92 Å². The van der Waals surface area contributed by atoms with Gasteiger partial charge in [0.05, 0.1) is 6.26 Å². The zero-order valence-electron chi connectivity index (χ0n) is 8.42. The number of methoxy groups -OCH3 is 1. The molecule has 2 heterocycles. The molecule has 3 heteroatoms. The summed E-state index contributed by atoms with van der Waals surface area (Å²) in [5.41, 5.74) is 1.03. The van der Waals surface area contributed by atoms with Crippen molar-refractivity contribution in [3.8, 4) is 0 Å². The van der Waals surface area contributed by atoms with E-state index in [0.717, 1.165) is 5.56 Å². The lowest BCUT2D eigenvalue weighted by atomic mass is 9.86. The minimum absolute atomic E-state index is 0.157. The van der Waals surface area contributed by atoms with Gasteiger partial charge >= 0.3 is 0 Å². The Balaban J connectivity index is 1.98. The van der Waals surface area contributed by atoms with Crippen LogP contribution in [0.1, 0.15) is 5.56 Å². The summed E-state index contributed by atoms with van der Waals surface area (Å²) in [5, 5.41) is 0. The molecule has 0 radical (unpaired) electrons. The Bertz CT molecular complexity index is 387. The quantitative estimate of drug-likeness (QED) is 0.737. The summed E-state index contributed by atoms with van der Waals surface area (Å²) in [5.74, 6) is -0.497. The molecule has 0 N–H and O–H groups in total. The highest BCUT2D eigenvalue weighted by Crippen LogP contribution is 2.51. The lowest BCUT2D eigenvalue weighted by Gasteiger charge is -2.48. The van der Waals surface area contributed by atoms with E-state index in [4.69, 9.17) is 14.2 Å². The average molecular weight is 204 g/mol. The fraction of sp³-hybridized carbons (Fsp3) is 0.333. The first-order valence-electron chi connectivity index (χ1n) is 4.97. The lowest BCUT2D eigenvalue weighted by molar-refractivity contribution is -0.416. The molecule has 0 bridgehead atoms. The fourth-order valence-corrected chi connectivity index (χ4v) is 2.20.